The molecule has 0 aliphatic carbocycles. The fraction of sp³-hybridized carbons (Fsp3) is 0.125. The molecule has 9 heteroatoms. The second-order valence-corrected chi connectivity index (χ2v) is 9.46. The molecule has 1 heterocycles. The van der Waals surface area contributed by atoms with E-state index in [9.17, 15) is 4.79 Å². The molecule has 0 radical (unpaired) electrons. The number of hydrazone groups is 1. The third-order valence-electron chi connectivity index (χ3n) is 4.88. The molecule has 0 unspecified atom stereocenters. The van der Waals surface area contributed by atoms with Crippen LogP contribution in [0.15, 0.2) is 77.0 Å². The van der Waals surface area contributed by atoms with Crippen molar-refractivity contribution < 1.29 is 4.79 Å². The topological polar surface area (TPSA) is 59.3 Å². The number of fused-ring (bicyclic) bond motifs is 1. The van der Waals surface area contributed by atoms with Crippen molar-refractivity contribution in [2.75, 3.05) is 5.75 Å². The van der Waals surface area contributed by atoms with Crippen LogP contribution in [0.3, 0.4) is 0 Å². The number of aromatic nitrogens is 2. The van der Waals surface area contributed by atoms with Crippen LogP contribution in [0.2, 0.25) is 15.1 Å². The van der Waals surface area contributed by atoms with Crippen LogP contribution in [-0.2, 0) is 11.3 Å². The van der Waals surface area contributed by atoms with Gasteiger partial charge in [0.1, 0.15) is 0 Å². The van der Waals surface area contributed by atoms with Crippen molar-refractivity contribution in [1.82, 2.24) is 15.0 Å². The summed E-state index contributed by atoms with van der Waals surface area (Å²) in [7, 11) is 0. The van der Waals surface area contributed by atoms with Gasteiger partial charge in [-0.05, 0) is 48.9 Å². The van der Waals surface area contributed by atoms with E-state index in [-0.39, 0.29) is 11.7 Å². The smallest absolute Gasteiger partial charge is 0.250 e. The minimum atomic E-state index is -0.241. The molecule has 0 spiro atoms. The second kappa shape index (κ2) is 10.6. The van der Waals surface area contributed by atoms with Crippen LogP contribution in [0.4, 0.5) is 0 Å². The number of hydrogen-bond acceptors (Lipinski definition) is 4. The number of rotatable bonds is 7. The van der Waals surface area contributed by atoms with Crippen molar-refractivity contribution >= 4 is 69.2 Å². The molecule has 1 aromatic heterocycles. The summed E-state index contributed by atoms with van der Waals surface area (Å²) >= 11 is 19.5. The molecule has 0 aliphatic rings. The molecule has 5 nitrogen and oxygen atoms in total. The lowest BCUT2D eigenvalue weighted by Crippen LogP contribution is -2.21. The van der Waals surface area contributed by atoms with E-state index in [0.717, 1.165) is 21.8 Å². The van der Waals surface area contributed by atoms with E-state index in [1.54, 1.807) is 25.1 Å². The summed E-state index contributed by atoms with van der Waals surface area (Å²) in [6.45, 7) is 2.39. The monoisotopic (exact) mass is 516 g/mol. The van der Waals surface area contributed by atoms with Crippen molar-refractivity contribution in [3.63, 3.8) is 0 Å². The third-order valence-corrected chi connectivity index (χ3v) is 6.65. The largest absolute Gasteiger partial charge is 0.314 e. The Morgan fingerprint density at radius 3 is 2.52 bits per heavy atom. The number of imidazole rings is 1. The summed E-state index contributed by atoms with van der Waals surface area (Å²) in [5.74, 6) is -0.0794. The lowest BCUT2D eigenvalue weighted by molar-refractivity contribution is -0.118. The van der Waals surface area contributed by atoms with Gasteiger partial charge >= 0.3 is 0 Å². The van der Waals surface area contributed by atoms with E-state index in [2.05, 4.69) is 15.1 Å². The molecule has 3 aromatic carbocycles. The number of carbonyl (C=O) groups excluding carboxylic acids is 1. The zero-order chi connectivity index (χ0) is 23.4. The third kappa shape index (κ3) is 5.89. The van der Waals surface area contributed by atoms with Gasteiger partial charge in [-0.1, -0.05) is 76.9 Å². The quantitative estimate of drug-likeness (QED) is 0.169. The molecule has 0 fully saturated rings. The van der Waals surface area contributed by atoms with Crippen LogP contribution in [0.5, 0.6) is 0 Å². The van der Waals surface area contributed by atoms with Crippen molar-refractivity contribution in [3.05, 3.63) is 92.9 Å². The predicted molar refractivity (Wildman–Crippen MR) is 138 cm³/mol. The van der Waals surface area contributed by atoms with Gasteiger partial charge in [-0.15, -0.1) is 0 Å². The van der Waals surface area contributed by atoms with Crippen LogP contribution in [0.1, 0.15) is 18.1 Å². The summed E-state index contributed by atoms with van der Waals surface area (Å²) in [6.07, 6.45) is 0. The van der Waals surface area contributed by atoms with Crippen molar-refractivity contribution in [2.24, 2.45) is 5.10 Å². The molecule has 0 atom stereocenters. The van der Waals surface area contributed by atoms with Crippen LogP contribution in [0.25, 0.3) is 11.0 Å². The first kappa shape index (κ1) is 23.6. The zero-order valence-electron chi connectivity index (χ0n) is 17.6. The number of nitrogens with one attached hydrogen (secondary N) is 1. The van der Waals surface area contributed by atoms with Crippen molar-refractivity contribution in [3.8, 4) is 0 Å². The Morgan fingerprint density at radius 1 is 1.03 bits per heavy atom. The highest BCUT2D eigenvalue weighted by Gasteiger charge is 2.14. The second-order valence-electron chi connectivity index (χ2n) is 7.24. The predicted octanol–water partition coefficient (Wildman–Crippen LogP) is 6.68. The van der Waals surface area contributed by atoms with Gasteiger partial charge in [0.05, 0.1) is 34.1 Å². The number of para-hydroxylation sites is 2. The van der Waals surface area contributed by atoms with Gasteiger partial charge < -0.3 is 4.57 Å². The van der Waals surface area contributed by atoms with E-state index < -0.39 is 0 Å². The van der Waals surface area contributed by atoms with Crippen LogP contribution < -0.4 is 5.43 Å². The normalized spacial score (nSPS) is 11.7. The molecule has 4 rings (SSSR count). The van der Waals surface area contributed by atoms with Crippen LogP contribution >= 0.6 is 46.6 Å². The molecular formula is C24H19Cl3N4OS. The van der Waals surface area contributed by atoms with Gasteiger partial charge in [0.2, 0.25) is 0 Å². The summed E-state index contributed by atoms with van der Waals surface area (Å²) in [5, 5.41) is 6.63. The highest BCUT2D eigenvalue weighted by atomic mass is 35.5. The first-order valence-electron chi connectivity index (χ1n) is 10.0. The van der Waals surface area contributed by atoms with E-state index >= 15 is 0 Å². The number of benzene rings is 3. The average Bonchev–Trinajstić information content (AvgIpc) is 3.15. The Morgan fingerprint density at radius 2 is 1.76 bits per heavy atom. The average molecular weight is 518 g/mol. The van der Waals surface area contributed by atoms with E-state index in [0.29, 0.717) is 32.9 Å². The number of nitrogens with zero attached hydrogens (tertiary/aromatic N) is 3. The lowest BCUT2D eigenvalue weighted by atomic mass is 10.1. The summed E-state index contributed by atoms with van der Waals surface area (Å²) in [5.41, 5.74) is 6.85. The Bertz CT molecular complexity index is 1340. The maximum Gasteiger partial charge on any atom is 0.250 e. The number of hydrogen-bond donors (Lipinski definition) is 1. The standard InChI is InChI=1S/C24H19Cl3N4OS/c1-15(19-11-10-18(26)12-20(19)27)29-30-23(32)14-33-24-28-21-4-2-3-5-22(21)31(24)13-16-6-8-17(25)9-7-16/h2-12H,13-14H2,1H3,(H,30,32)/b29-15-. The van der Waals surface area contributed by atoms with E-state index in [1.165, 1.54) is 11.8 Å². The van der Waals surface area contributed by atoms with Crippen LogP contribution in [-0.4, -0.2) is 26.9 Å². The minimum absolute atomic E-state index is 0.162. The number of thioether (sulfide) groups is 1. The summed E-state index contributed by atoms with van der Waals surface area (Å²) < 4.78 is 2.10. The van der Waals surface area contributed by atoms with Crippen molar-refractivity contribution in [1.29, 1.82) is 0 Å². The molecule has 168 valence electrons. The lowest BCUT2D eigenvalue weighted by Gasteiger charge is -2.09. The van der Waals surface area contributed by atoms with Crippen LogP contribution in [0, 0.1) is 0 Å². The molecule has 33 heavy (non-hydrogen) atoms. The SMILES string of the molecule is C/C(=N/NC(=O)CSc1nc2ccccc2n1Cc1ccc(Cl)cc1)c1ccc(Cl)cc1Cl. The van der Waals surface area contributed by atoms with E-state index in [4.69, 9.17) is 39.8 Å². The fourth-order valence-electron chi connectivity index (χ4n) is 3.24. The van der Waals surface area contributed by atoms with Gasteiger partial charge in [0, 0.05) is 15.6 Å². The molecule has 0 saturated heterocycles. The van der Waals surface area contributed by atoms with Gasteiger partial charge in [0.25, 0.3) is 5.91 Å². The number of halogens is 3. The molecule has 4 aromatic rings. The maximum absolute atomic E-state index is 12.5. The highest BCUT2D eigenvalue weighted by molar-refractivity contribution is 7.99. The Hall–Kier alpha value is -2.51. The Kier molecular flexibility index (Phi) is 7.60. The molecule has 0 bridgehead atoms. The summed E-state index contributed by atoms with van der Waals surface area (Å²) in [4.78, 5) is 17.2. The Balaban J connectivity index is 1.47. The van der Waals surface area contributed by atoms with Crippen molar-refractivity contribution in [2.45, 2.75) is 18.6 Å². The first-order chi connectivity index (χ1) is 15.9. The van der Waals surface area contributed by atoms with Gasteiger partial charge in [-0.25, -0.2) is 10.4 Å². The fourth-order valence-corrected chi connectivity index (χ4v) is 4.72. The maximum atomic E-state index is 12.5. The summed E-state index contributed by atoms with van der Waals surface area (Å²) in [6, 6.07) is 20.7. The highest BCUT2D eigenvalue weighted by Crippen LogP contribution is 2.26. The molecular weight excluding hydrogens is 499 g/mol. The van der Waals surface area contributed by atoms with Gasteiger partial charge in [0.15, 0.2) is 5.16 Å². The number of carbonyl (C=O) groups is 1. The molecule has 0 aliphatic heterocycles. The van der Waals surface area contributed by atoms with E-state index in [1.807, 2.05) is 48.5 Å². The minimum Gasteiger partial charge on any atom is -0.314 e. The number of amides is 1. The molecule has 0 saturated carbocycles. The molecule has 1 N–H and O–H groups in total. The Labute approximate surface area is 210 Å². The zero-order valence-corrected chi connectivity index (χ0v) is 20.6. The molecule has 1 amide bonds. The van der Waals surface area contributed by atoms with Gasteiger partial charge in [-0.2, -0.15) is 5.10 Å². The first-order valence-corrected chi connectivity index (χ1v) is 12.1. The van der Waals surface area contributed by atoms with Gasteiger partial charge in [-0.3, -0.25) is 4.79 Å².